The molecule has 0 atom stereocenters. The van der Waals surface area contributed by atoms with Crippen molar-refractivity contribution in [3.05, 3.63) is 82.2 Å². The van der Waals surface area contributed by atoms with E-state index in [0.717, 1.165) is 22.6 Å². The summed E-state index contributed by atoms with van der Waals surface area (Å²) in [5.74, 6) is -0.482. The van der Waals surface area contributed by atoms with E-state index < -0.39 is 17.6 Å². The molecular weight excluding hydrogens is 409 g/mol. The number of benzene rings is 2. The van der Waals surface area contributed by atoms with Crippen LogP contribution in [0.25, 0.3) is 21.5 Å². The third-order valence-corrected chi connectivity index (χ3v) is 5.54. The fourth-order valence-corrected chi connectivity index (χ4v) is 3.98. The maximum Gasteiger partial charge on any atom is 0.416 e. The van der Waals surface area contributed by atoms with Crippen molar-refractivity contribution in [2.75, 3.05) is 5.32 Å². The Morgan fingerprint density at radius 3 is 2.50 bits per heavy atom. The SMILES string of the molecule is Cc1cc(NC(=O)c2cc(-c3cccs3)nc3ccc(C)cc23)cc(C(F)(F)F)c1. The topological polar surface area (TPSA) is 42.0 Å². The van der Waals surface area contributed by atoms with Gasteiger partial charge in [-0.25, -0.2) is 4.98 Å². The summed E-state index contributed by atoms with van der Waals surface area (Å²) in [4.78, 5) is 18.7. The molecule has 152 valence electrons. The van der Waals surface area contributed by atoms with Gasteiger partial charge in [0.2, 0.25) is 0 Å². The van der Waals surface area contributed by atoms with E-state index in [4.69, 9.17) is 0 Å². The van der Waals surface area contributed by atoms with E-state index in [1.54, 1.807) is 13.0 Å². The zero-order valence-electron chi connectivity index (χ0n) is 16.2. The van der Waals surface area contributed by atoms with E-state index in [-0.39, 0.29) is 5.69 Å². The molecular formula is C23H17F3N2OS. The van der Waals surface area contributed by atoms with Crippen LogP contribution in [0.1, 0.15) is 27.0 Å². The van der Waals surface area contributed by atoms with E-state index in [2.05, 4.69) is 10.3 Å². The molecule has 0 spiro atoms. The molecule has 0 fully saturated rings. The van der Waals surface area contributed by atoms with Crippen molar-refractivity contribution in [2.24, 2.45) is 0 Å². The molecule has 0 aliphatic rings. The zero-order chi connectivity index (χ0) is 21.5. The molecule has 3 nitrogen and oxygen atoms in total. The van der Waals surface area contributed by atoms with Gasteiger partial charge in [-0.2, -0.15) is 13.2 Å². The highest BCUT2D eigenvalue weighted by Gasteiger charge is 2.31. The van der Waals surface area contributed by atoms with Crippen molar-refractivity contribution in [3.8, 4) is 10.6 Å². The Kier molecular flexibility index (Phi) is 5.07. The minimum atomic E-state index is -4.49. The Hall–Kier alpha value is -3.19. The highest BCUT2D eigenvalue weighted by atomic mass is 32.1. The van der Waals surface area contributed by atoms with Crippen LogP contribution in [0.2, 0.25) is 0 Å². The summed E-state index contributed by atoms with van der Waals surface area (Å²) < 4.78 is 39.5. The van der Waals surface area contributed by atoms with Crippen LogP contribution in [0.3, 0.4) is 0 Å². The molecule has 0 radical (unpaired) electrons. The molecule has 30 heavy (non-hydrogen) atoms. The van der Waals surface area contributed by atoms with Gasteiger partial charge in [-0.15, -0.1) is 11.3 Å². The van der Waals surface area contributed by atoms with Crippen molar-refractivity contribution < 1.29 is 18.0 Å². The first-order valence-corrected chi connectivity index (χ1v) is 10.0. The molecule has 1 N–H and O–H groups in total. The molecule has 4 aromatic rings. The lowest BCUT2D eigenvalue weighted by Gasteiger charge is -2.13. The lowest BCUT2D eigenvalue weighted by molar-refractivity contribution is -0.137. The Morgan fingerprint density at radius 2 is 1.80 bits per heavy atom. The van der Waals surface area contributed by atoms with Crippen LogP contribution in [0.5, 0.6) is 0 Å². The molecule has 0 aliphatic heterocycles. The Bertz CT molecular complexity index is 1250. The predicted molar refractivity (Wildman–Crippen MR) is 114 cm³/mol. The van der Waals surface area contributed by atoms with Crippen LogP contribution in [0.4, 0.5) is 18.9 Å². The van der Waals surface area contributed by atoms with Gasteiger partial charge in [0.05, 0.1) is 27.2 Å². The summed E-state index contributed by atoms with van der Waals surface area (Å²) in [6.45, 7) is 3.47. The summed E-state index contributed by atoms with van der Waals surface area (Å²) in [6.07, 6.45) is -4.49. The molecule has 0 aliphatic carbocycles. The molecule has 2 aromatic heterocycles. The van der Waals surface area contributed by atoms with Crippen molar-refractivity contribution in [3.63, 3.8) is 0 Å². The number of nitrogens with one attached hydrogen (secondary N) is 1. The molecule has 0 saturated carbocycles. The number of halogens is 3. The normalized spacial score (nSPS) is 11.6. The monoisotopic (exact) mass is 426 g/mol. The van der Waals surface area contributed by atoms with Crippen LogP contribution < -0.4 is 5.32 Å². The Balaban J connectivity index is 1.80. The average molecular weight is 426 g/mol. The fraction of sp³-hybridized carbons (Fsp3) is 0.130. The number of hydrogen-bond donors (Lipinski definition) is 1. The van der Waals surface area contributed by atoms with E-state index in [1.165, 1.54) is 17.4 Å². The van der Waals surface area contributed by atoms with Gasteiger partial charge in [0.15, 0.2) is 0 Å². The number of fused-ring (bicyclic) bond motifs is 1. The van der Waals surface area contributed by atoms with Gasteiger partial charge in [0.1, 0.15) is 0 Å². The lowest BCUT2D eigenvalue weighted by atomic mass is 10.0. The molecule has 0 saturated heterocycles. The zero-order valence-corrected chi connectivity index (χ0v) is 17.0. The van der Waals surface area contributed by atoms with E-state index in [9.17, 15) is 18.0 Å². The highest BCUT2D eigenvalue weighted by Crippen LogP contribution is 2.33. The van der Waals surface area contributed by atoms with Crippen LogP contribution in [0, 0.1) is 13.8 Å². The minimum absolute atomic E-state index is 0.0996. The number of aryl methyl sites for hydroxylation is 2. The molecule has 2 aromatic carbocycles. The number of thiophene rings is 1. The first-order valence-electron chi connectivity index (χ1n) is 9.16. The van der Waals surface area contributed by atoms with Crippen LogP contribution in [-0.4, -0.2) is 10.9 Å². The summed E-state index contributed by atoms with van der Waals surface area (Å²) >= 11 is 1.50. The number of pyridine rings is 1. The van der Waals surface area contributed by atoms with Crippen LogP contribution in [-0.2, 0) is 6.18 Å². The van der Waals surface area contributed by atoms with Crippen molar-refractivity contribution >= 4 is 33.8 Å². The number of amides is 1. The average Bonchev–Trinajstić information content (AvgIpc) is 3.21. The quantitative estimate of drug-likeness (QED) is 0.389. The largest absolute Gasteiger partial charge is 0.416 e. The number of rotatable bonds is 3. The van der Waals surface area contributed by atoms with Crippen molar-refractivity contribution in [1.29, 1.82) is 0 Å². The molecule has 7 heteroatoms. The predicted octanol–water partition coefficient (Wildman–Crippen LogP) is 6.85. The molecule has 2 heterocycles. The van der Waals surface area contributed by atoms with Gasteiger partial charge in [-0.05, 0) is 67.3 Å². The van der Waals surface area contributed by atoms with Crippen LogP contribution >= 0.6 is 11.3 Å². The molecule has 1 amide bonds. The molecule has 0 bridgehead atoms. The maximum atomic E-state index is 13.2. The highest BCUT2D eigenvalue weighted by molar-refractivity contribution is 7.13. The van der Waals surface area contributed by atoms with E-state index in [1.807, 2.05) is 42.6 Å². The van der Waals surface area contributed by atoms with Crippen molar-refractivity contribution in [2.45, 2.75) is 20.0 Å². The maximum absolute atomic E-state index is 13.2. The van der Waals surface area contributed by atoms with E-state index >= 15 is 0 Å². The van der Waals surface area contributed by atoms with Gasteiger partial charge < -0.3 is 5.32 Å². The first-order chi connectivity index (χ1) is 14.2. The minimum Gasteiger partial charge on any atom is -0.322 e. The number of anilines is 1. The number of hydrogen-bond acceptors (Lipinski definition) is 3. The van der Waals surface area contributed by atoms with Gasteiger partial charge in [0.25, 0.3) is 5.91 Å². The number of carbonyl (C=O) groups excluding carboxylic acids is 1. The number of alkyl halides is 3. The lowest BCUT2D eigenvalue weighted by Crippen LogP contribution is -2.14. The third-order valence-electron chi connectivity index (χ3n) is 4.64. The summed E-state index contributed by atoms with van der Waals surface area (Å²) in [5, 5.41) is 5.20. The number of carbonyl (C=O) groups is 1. The first kappa shape index (κ1) is 20.1. The second-order valence-corrected chi connectivity index (χ2v) is 8.04. The summed E-state index contributed by atoms with van der Waals surface area (Å²) in [7, 11) is 0. The summed E-state index contributed by atoms with van der Waals surface area (Å²) in [5.41, 5.74) is 2.33. The van der Waals surface area contributed by atoms with Gasteiger partial charge in [-0.3, -0.25) is 4.79 Å². The van der Waals surface area contributed by atoms with Gasteiger partial charge in [-0.1, -0.05) is 17.7 Å². The third kappa shape index (κ3) is 4.07. The molecule has 4 rings (SSSR count). The second-order valence-electron chi connectivity index (χ2n) is 7.09. The van der Waals surface area contributed by atoms with Gasteiger partial charge in [0, 0.05) is 11.1 Å². The van der Waals surface area contributed by atoms with Gasteiger partial charge >= 0.3 is 6.18 Å². The standard InChI is InChI=1S/C23H17F3N2OS/c1-13-5-6-19-17(10-13)18(12-20(28-19)21-4-3-7-30-21)22(29)27-16-9-14(2)8-15(11-16)23(24,25)26/h3-12H,1-2H3,(H,27,29). The van der Waals surface area contributed by atoms with Crippen molar-refractivity contribution in [1.82, 2.24) is 4.98 Å². The number of nitrogens with zero attached hydrogens (tertiary/aromatic N) is 1. The Labute approximate surface area is 175 Å². The van der Waals surface area contributed by atoms with E-state index in [0.29, 0.717) is 27.7 Å². The number of aromatic nitrogens is 1. The fourth-order valence-electron chi connectivity index (χ4n) is 3.30. The van der Waals surface area contributed by atoms with Crippen LogP contribution in [0.15, 0.2) is 60.0 Å². The second kappa shape index (κ2) is 7.57. The summed E-state index contributed by atoms with van der Waals surface area (Å²) in [6, 6.07) is 14.6. The Morgan fingerprint density at radius 1 is 1.00 bits per heavy atom. The molecule has 0 unspecified atom stereocenters. The smallest absolute Gasteiger partial charge is 0.322 e.